The lowest BCUT2D eigenvalue weighted by Gasteiger charge is -2.40. The molecule has 3 heterocycles. The van der Waals surface area contributed by atoms with Crippen molar-refractivity contribution in [2.45, 2.75) is 36.5 Å². The van der Waals surface area contributed by atoms with Gasteiger partial charge in [0.15, 0.2) is 5.96 Å². The summed E-state index contributed by atoms with van der Waals surface area (Å²) in [4.78, 5) is 21.2. The van der Waals surface area contributed by atoms with E-state index >= 15 is 0 Å². The highest BCUT2D eigenvalue weighted by Crippen LogP contribution is 2.33. The summed E-state index contributed by atoms with van der Waals surface area (Å²) in [5.41, 5.74) is 0. The number of guanidine groups is 1. The smallest absolute Gasteiger partial charge is 0.251 e. The molecule has 1 unspecified atom stereocenters. The minimum absolute atomic E-state index is 0. The summed E-state index contributed by atoms with van der Waals surface area (Å²) in [6.45, 7) is 6.40. The lowest BCUT2D eigenvalue weighted by molar-refractivity contribution is -0.142. The Morgan fingerprint density at radius 2 is 1.85 bits per heavy atom. The fourth-order valence-corrected chi connectivity index (χ4v) is 4.68. The van der Waals surface area contributed by atoms with Crippen molar-refractivity contribution in [3.05, 3.63) is 0 Å². The van der Waals surface area contributed by atoms with E-state index in [0.29, 0.717) is 0 Å². The summed E-state index contributed by atoms with van der Waals surface area (Å²) in [5.74, 6) is 1.10. The second kappa shape index (κ2) is 11.1. The number of hydrogen-bond donors (Lipinski definition) is 1. The molecule has 0 radical (unpaired) electrons. The minimum atomic E-state index is -0.214. The molecule has 0 aromatic heterocycles. The molecule has 1 atom stereocenters. The number of carbonyl (C=O) groups is 1. The van der Waals surface area contributed by atoms with Crippen LogP contribution in [0.2, 0.25) is 0 Å². The number of thioether (sulfide) groups is 1. The first-order valence-corrected chi connectivity index (χ1v) is 10.9. The van der Waals surface area contributed by atoms with E-state index in [0.717, 1.165) is 84.2 Å². The molecule has 0 bridgehead atoms. The number of amides is 1. The molecular weight excluding hydrogens is 479 g/mol. The summed E-state index contributed by atoms with van der Waals surface area (Å²) in [6, 6.07) is 0. The highest BCUT2D eigenvalue weighted by molar-refractivity contribution is 14.0. The van der Waals surface area contributed by atoms with Gasteiger partial charge in [0, 0.05) is 64.3 Å². The third-order valence-corrected chi connectivity index (χ3v) is 7.13. The van der Waals surface area contributed by atoms with Gasteiger partial charge in [0.1, 0.15) is 6.10 Å². The third-order valence-electron chi connectivity index (χ3n) is 5.71. The van der Waals surface area contributed by atoms with Gasteiger partial charge in [-0.25, -0.2) is 0 Å². The summed E-state index contributed by atoms with van der Waals surface area (Å²) >= 11 is 1.93. The van der Waals surface area contributed by atoms with Crippen molar-refractivity contribution in [1.82, 2.24) is 15.1 Å². The molecule has 3 fully saturated rings. The number of aliphatic imine (C=N–C) groups is 1. The number of piperazine rings is 1. The first kappa shape index (κ1) is 23.0. The zero-order valence-electron chi connectivity index (χ0n) is 16.4. The molecule has 0 aliphatic carbocycles. The Bertz CT molecular complexity index is 503. The summed E-state index contributed by atoms with van der Waals surface area (Å²) < 4.78 is 11.3. The largest absolute Gasteiger partial charge is 0.381 e. The van der Waals surface area contributed by atoms with Crippen LogP contribution in [0.5, 0.6) is 0 Å². The van der Waals surface area contributed by atoms with Crippen molar-refractivity contribution < 1.29 is 14.3 Å². The van der Waals surface area contributed by atoms with Crippen LogP contribution in [0.3, 0.4) is 0 Å². The molecule has 27 heavy (non-hydrogen) atoms. The third kappa shape index (κ3) is 5.86. The molecule has 1 amide bonds. The average molecular weight is 512 g/mol. The summed E-state index contributed by atoms with van der Waals surface area (Å²) in [5, 5.41) is 3.57. The predicted octanol–water partition coefficient (Wildman–Crippen LogP) is 1.42. The molecule has 3 rings (SSSR count). The standard InChI is InChI=1S/C18H32N4O3S.HI/c1-19-17(20-14-18(26-2)5-12-24-13-6-18)22-9-7-21(8-10-22)16(23)15-4-3-11-25-15;/h15H,3-14H2,1-2H3,(H,19,20);1H. The van der Waals surface area contributed by atoms with Gasteiger partial charge in [0.05, 0.1) is 0 Å². The molecule has 3 aliphatic heterocycles. The SMILES string of the molecule is CN=C(NCC1(SC)CCOCC1)N1CCN(C(=O)C2CCCO2)CC1.I. The Morgan fingerprint density at radius 3 is 2.41 bits per heavy atom. The monoisotopic (exact) mass is 512 g/mol. The number of ether oxygens (including phenoxy) is 2. The molecule has 0 aromatic rings. The molecule has 3 aliphatic rings. The highest BCUT2D eigenvalue weighted by atomic mass is 127. The predicted molar refractivity (Wildman–Crippen MR) is 120 cm³/mol. The molecule has 9 heteroatoms. The van der Waals surface area contributed by atoms with Crippen molar-refractivity contribution in [3.8, 4) is 0 Å². The van der Waals surface area contributed by atoms with Gasteiger partial charge in [-0.05, 0) is 31.9 Å². The Kier molecular flexibility index (Phi) is 9.43. The number of nitrogens with one attached hydrogen (secondary N) is 1. The Hall–Kier alpha value is -0.260. The molecule has 0 aromatic carbocycles. The topological polar surface area (TPSA) is 66.4 Å². The molecule has 3 saturated heterocycles. The van der Waals surface area contributed by atoms with E-state index in [9.17, 15) is 4.79 Å². The van der Waals surface area contributed by atoms with E-state index in [2.05, 4.69) is 21.5 Å². The van der Waals surface area contributed by atoms with Gasteiger partial charge in [-0.1, -0.05) is 0 Å². The van der Waals surface area contributed by atoms with Gasteiger partial charge >= 0.3 is 0 Å². The zero-order valence-corrected chi connectivity index (χ0v) is 19.6. The fraction of sp³-hybridized carbons (Fsp3) is 0.889. The molecular formula is C18H33IN4O3S. The van der Waals surface area contributed by atoms with Gasteiger partial charge in [0.25, 0.3) is 5.91 Å². The van der Waals surface area contributed by atoms with Crippen molar-refractivity contribution >= 4 is 47.6 Å². The van der Waals surface area contributed by atoms with Gasteiger partial charge < -0.3 is 24.6 Å². The van der Waals surface area contributed by atoms with Crippen LogP contribution in [0, 0.1) is 0 Å². The van der Waals surface area contributed by atoms with Crippen LogP contribution in [0.25, 0.3) is 0 Å². The average Bonchev–Trinajstić information content (AvgIpc) is 3.24. The van der Waals surface area contributed by atoms with Crippen LogP contribution >= 0.6 is 35.7 Å². The van der Waals surface area contributed by atoms with Crippen LogP contribution in [-0.4, -0.2) is 98.4 Å². The normalized spacial score (nSPS) is 25.9. The number of rotatable bonds is 4. The van der Waals surface area contributed by atoms with Gasteiger partial charge in [-0.2, -0.15) is 11.8 Å². The molecule has 0 saturated carbocycles. The minimum Gasteiger partial charge on any atom is -0.381 e. The number of halogens is 1. The molecule has 1 N–H and O–H groups in total. The molecule has 156 valence electrons. The fourth-order valence-electron chi connectivity index (χ4n) is 3.88. The second-order valence-corrected chi connectivity index (χ2v) is 8.49. The first-order chi connectivity index (χ1) is 12.7. The van der Waals surface area contributed by atoms with Crippen molar-refractivity contribution in [2.24, 2.45) is 4.99 Å². The highest BCUT2D eigenvalue weighted by Gasteiger charge is 2.34. The van der Waals surface area contributed by atoms with Crippen molar-refractivity contribution in [2.75, 3.05) is 65.8 Å². The maximum Gasteiger partial charge on any atom is 0.251 e. The Balaban J connectivity index is 0.00000261. The van der Waals surface area contributed by atoms with Crippen LogP contribution in [0.1, 0.15) is 25.7 Å². The van der Waals surface area contributed by atoms with E-state index in [4.69, 9.17) is 9.47 Å². The summed E-state index contributed by atoms with van der Waals surface area (Å²) in [7, 11) is 1.84. The quantitative estimate of drug-likeness (QED) is 0.349. The zero-order chi connectivity index (χ0) is 18.4. The van der Waals surface area contributed by atoms with Gasteiger partial charge in [0.2, 0.25) is 0 Å². The van der Waals surface area contributed by atoms with Crippen LogP contribution < -0.4 is 5.32 Å². The maximum absolute atomic E-state index is 12.5. The lowest BCUT2D eigenvalue weighted by Crippen LogP contribution is -2.56. The van der Waals surface area contributed by atoms with Crippen LogP contribution in [0.15, 0.2) is 4.99 Å². The first-order valence-electron chi connectivity index (χ1n) is 9.66. The van der Waals surface area contributed by atoms with E-state index in [1.165, 1.54) is 0 Å². The Morgan fingerprint density at radius 1 is 1.19 bits per heavy atom. The second-order valence-electron chi connectivity index (χ2n) is 7.21. The van der Waals surface area contributed by atoms with Crippen LogP contribution in [-0.2, 0) is 14.3 Å². The number of hydrogen-bond acceptors (Lipinski definition) is 5. The Labute approximate surface area is 184 Å². The van der Waals surface area contributed by atoms with Crippen LogP contribution in [0.4, 0.5) is 0 Å². The summed E-state index contributed by atoms with van der Waals surface area (Å²) in [6.07, 6.45) is 5.97. The lowest BCUT2D eigenvalue weighted by atomic mass is 9.99. The van der Waals surface area contributed by atoms with Gasteiger partial charge in [-0.15, -0.1) is 24.0 Å². The van der Waals surface area contributed by atoms with Gasteiger partial charge in [-0.3, -0.25) is 9.79 Å². The van der Waals surface area contributed by atoms with E-state index < -0.39 is 0 Å². The maximum atomic E-state index is 12.5. The van der Waals surface area contributed by atoms with Crippen molar-refractivity contribution in [1.29, 1.82) is 0 Å². The van der Waals surface area contributed by atoms with Crippen molar-refractivity contribution in [3.63, 3.8) is 0 Å². The number of nitrogens with zero attached hydrogens (tertiary/aromatic N) is 3. The molecule has 7 nitrogen and oxygen atoms in total. The van der Waals surface area contributed by atoms with E-state index in [1.54, 1.807) is 0 Å². The van der Waals surface area contributed by atoms with E-state index in [-0.39, 0.29) is 40.7 Å². The molecule has 0 spiro atoms. The number of carbonyl (C=O) groups excluding carboxylic acids is 1. The van der Waals surface area contributed by atoms with E-state index in [1.807, 2.05) is 23.7 Å².